The smallest absolute Gasteiger partial charge is 0.264 e. The van der Waals surface area contributed by atoms with Crippen LogP contribution in [0, 0.1) is 6.92 Å². The molecule has 8 aromatic rings. The molecule has 0 spiro atoms. The van der Waals surface area contributed by atoms with Crippen LogP contribution in [-0.2, 0) is 27.1 Å². The van der Waals surface area contributed by atoms with Crippen LogP contribution in [0.3, 0.4) is 0 Å². The molecular weight excluding hydrogens is 866 g/mol. The van der Waals surface area contributed by atoms with E-state index in [1.807, 2.05) is 11.3 Å². The predicted octanol–water partition coefficient (Wildman–Crippen LogP) is 16.8. The van der Waals surface area contributed by atoms with Crippen LogP contribution >= 0.6 is 11.3 Å². The summed E-state index contributed by atoms with van der Waals surface area (Å²) in [7, 11) is 0. The second-order valence-corrected chi connectivity index (χ2v) is 25.8. The molecule has 3 heterocycles. The molecule has 3 nitrogen and oxygen atoms in total. The topological polar surface area (TPSA) is 9.72 Å². The van der Waals surface area contributed by atoms with Crippen molar-refractivity contribution in [1.82, 2.24) is 0 Å². The first kappa shape index (κ1) is 45.1. The Labute approximate surface area is 422 Å². The number of nitrogens with zero attached hydrogens (tertiary/aromatic N) is 3. The van der Waals surface area contributed by atoms with Gasteiger partial charge in [0.25, 0.3) is 6.71 Å². The van der Waals surface area contributed by atoms with Crippen molar-refractivity contribution >= 4 is 95.0 Å². The molecule has 0 saturated carbocycles. The molecule has 5 heteroatoms. The minimum atomic E-state index is -0.0580. The first-order valence-electron chi connectivity index (χ1n) is 25.9. The zero-order valence-corrected chi connectivity index (χ0v) is 44.3. The monoisotopic (exact) mass is 934 g/mol. The van der Waals surface area contributed by atoms with Gasteiger partial charge < -0.3 is 14.7 Å². The number of hydrogen-bond donors (Lipinski definition) is 0. The zero-order chi connectivity index (χ0) is 48.9. The second-order valence-electron chi connectivity index (χ2n) is 24.8. The molecule has 2 aliphatic heterocycles. The number of hydrogen-bond acceptors (Lipinski definition) is 4. The van der Waals surface area contributed by atoms with Gasteiger partial charge in [0, 0.05) is 54.7 Å². The third-order valence-electron chi connectivity index (χ3n) is 17.2. The summed E-state index contributed by atoms with van der Waals surface area (Å²) in [6, 6.07) is 56.3. The fourth-order valence-corrected chi connectivity index (χ4v) is 14.3. The number of fused-ring (bicyclic) bond motifs is 9. The van der Waals surface area contributed by atoms with E-state index < -0.39 is 0 Å². The van der Waals surface area contributed by atoms with Gasteiger partial charge in [-0.25, -0.2) is 0 Å². The van der Waals surface area contributed by atoms with Crippen LogP contribution in [0.5, 0.6) is 0 Å². The van der Waals surface area contributed by atoms with Crippen LogP contribution in [0.15, 0.2) is 146 Å². The molecule has 352 valence electrons. The maximum atomic E-state index is 2.77. The number of benzene rings is 7. The Bertz CT molecular complexity index is 3370. The van der Waals surface area contributed by atoms with Gasteiger partial charge in [-0.1, -0.05) is 161 Å². The van der Waals surface area contributed by atoms with Gasteiger partial charge in [-0.05, 0) is 165 Å². The second kappa shape index (κ2) is 15.5. The van der Waals surface area contributed by atoms with Crippen molar-refractivity contribution in [2.45, 2.75) is 136 Å². The van der Waals surface area contributed by atoms with Crippen molar-refractivity contribution in [2.75, 3.05) is 14.7 Å². The largest absolute Gasteiger partial charge is 0.311 e. The highest BCUT2D eigenvalue weighted by Crippen LogP contribution is 2.57. The summed E-state index contributed by atoms with van der Waals surface area (Å²) < 4.78 is 2.75. The molecule has 0 unspecified atom stereocenters. The van der Waals surface area contributed by atoms with Gasteiger partial charge in [0.1, 0.15) is 0 Å². The van der Waals surface area contributed by atoms with E-state index in [1.165, 1.54) is 99.7 Å². The first-order chi connectivity index (χ1) is 33.2. The number of thiophene rings is 1. The first-order valence-corrected chi connectivity index (χ1v) is 26.7. The third kappa shape index (κ3) is 6.81. The Kier molecular flexibility index (Phi) is 9.98. The summed E-state index contributed by atoms with van der Waals surface area (Å²) >= 11 is 2.00. The summed E-state index contributed by atoms with van der Waals surface area (Å²) in [6.45, 7) is 29.2. The van der Waals surface area contributed by atoms with Crippen molar-refractivity contribution in [2.24, 2.45) is 0 Å². The fraction of sp³-hybridized carbons (Fsp3) is 0.323. The molecule has 70 heavy (non-hydrogen) atoms. The van der Waals surface area contributed by atoms with Crippen LogP contribution < -0.4 is 30.4 Å². The minimum absolute atomic E-state index is 0.0177. The van der Waals surface area contributed by atoms with Crippen LogP contribution in [-0.4, -0.2) is 6.71 Å². The molecule has 0 N–H and O–H groups in total. The molecule has 4 aliphatic rings. The fourth-order valence-electron chi connectivity index (χ4n) is 13.0. The quantitative estimate of drug-likeness (QED) is 0.159. The molecule has 1 aromatic heterocycles. The van der Waals surface area contributed by atoms with Crippen molar-refractivity contribution in [3.8, 4) is 0 Å². The Balaban J connectivity index is 1.27. The molecule has 0 amide bonds. The molecule has 0 bridgehead atoms. The summed E-state index contributed by atoms with van der Waals surface area (Å²) in [4.78, 5) is 7.94. The molecular formula is C65H68BN3S. The Hall–Kier alpha value is -6.04. The molecule has 0 atom stereocenters. The minimum Gasteiger partial charge on any atom is -0.311 e. The van der Waals surface area contributed by atoms with Crippen molar-refractivity contribution < 1.29 is 0 Å². The molecule has 7 aromatic carbocycles. The van der Waals surface area contributed by atoms with E-state index in [1.54, 1.807) is 0 Å². The average Bonchev–Trinajstić information content (AvgIpc) is 3.71. The van der Waals surface area contributed by atoms with E-state index in [0.29, 0.717) is 0 Å². The lowest BCUT2D eigenvalue weighted by molar-refractivity contribution is 0.331. The maximum absolute atomic E-state index is 2.77. The lowest BCUT2D eigenvalue weighted by Crippen LogP contribution is -2.61. The lowest BCUT2D eigenvalue weighted by Gasteiger charge is -2.50. The number of para-hydroxylation sites is 2. The van der Waals surface area contributed by atoms with Gasteiger partial charge in [0.05, 0.1) is 11.4 Å². The van der Waals surface area contributed by atoms with Gasteiger partial charge in [0.2, 0.25) is 0 Å². The van der Waals surface area contributed by atoms with Gasteiger partial charge in [-0.2, -0.15) is 0 Å². The van der Waals surface area contributed by atoms with Crippen molar-refractivity contribution in [3.63, 3.8) is 0 Å². The third-order valence-corrected chi connectivity index (χ3v) is 18.4. The Morgan fingerprint density at radius 3 is 1.73 bits per heavy atom. The molecule has 12 rings (SSSR count). The van der Waals surface area contributed by atoms with Crippen LogP contribution in [0.25, 0.3) is 10.1 Å². The Morgan fingerprint density at radius 1 is 0.514 bits per heavy atom. The van der Waals surface area contributed by atoms with Gasteiger partial charge in [-0.3, -0.25) is 0 Å². The van der Waals surface area contributed by atoms with Crippen molar-refractivity contribution in [1.29, 1.82) is 0 Å². The highest BCUT2D eigenvalue weighted by Gasteiger charge is 2.50. The van der Waals surface area contributed by atoms with E-state index in [4.69, 9.17) is 0 Å². The SMILES string of the molecule is Cc1cc(C(C)(C)C)ccc1N1c2cc(N(c3ccccc3)c3ccccc3)cc3c2B(c2ccc4c(c2N3c2ccc3c(c2)C(C)(C)CCC3(C)C)C(C)(C)CCC4(C)C)c2sc3ccccc3c21. The van der Waals surface area contributed by atoms with Gasteiger partial charge in [-0.15, -0.1) is 11.3 Å². The molecule has 0 saturated heterocycles. The van der Waals surface area contributed by atoms with Gasteiger partial charge in [0.15, 0.2) is 0 Å². The van der Waals surface area contributed by atoms with Crippen LogP contribution in [0.2, 0.25) is 0 Å². The summed E-state index contributed by atoms with van der Waals surface area (Å²) in [6.07, 6.45) is 4.64. The van der Waals surface area contributed by atoms with Crippen LogP contribution in [0.4, 0.5) is 51.2 Å². The standard InChI is InChI=1S/C65H68BN3S/c1-41-37-42(61(2,3)4)27-32-52(41)69-54-40-46(67(43-21-15-13-16-22-43)44-23-17-14-18-24-44)39-53-57(54)66(60-58(69)47-25-19-20-26-55(47)70-60)51-31-30-49-56(65(11,12)36-35-63(49,7)8)59(51)68(53)45-28-29-48-50(38-45)64(9,10)34-33-62(48,5)6/h13-32,37-40H,33-36H2,1-12H3. The van der Waals surface area contributed by atoms with E-state index >= 15 is 0 Å². The van der Waals surface area contributed by atoms with Crippen LogP contribution in [0.1, 0.15) is 135 Å². The molecule has 0 fully saturated rings. The highest BCUT2D eigenvalue weighted by atomic mass is 32.1. The van der Waals surface area contributed by atoms with Crippen molar-refractivity contribution in [3.05, 3.63) is 179 Å². The highest BCUT2D eigenvalue weighted by molar-refractivity contribution is 7.33. The Morgan fingerprint density at radius 2 is 1.09 bits per heavy atom. The maximum Gasteiger partial charge on any atom is 0.264 e. The predicted molar refractivity (Wildman–Crippen MR) is 305 cm³/mol. The summed E-state index contributed by atoms with van der Waals surface area (Å²) in [5.41, 5.74) is 22.6. The molecule has 0 radical (unpaired) electrons. The van der Waals surface area contributed by atoms with E-state index in [0.717, 1.165) is 36.3 Å². The van der Waals surface area contributed by atoms with E-state index in [-0.39, 0.29) is 33.8 Å². The molecule has 2 aliphatic carbocycles. The van der Waals surface area contributed by atoms with E-state index in [2.05, 4.69) is 243 Å². The van der Waals surface area contributed by atoms with E-state index in [9.17, 15) is 0 Å². The number of rotatable bonds is 5. The number of anilines is 9. The summed E-state index contributed by atoms with van der Waals surface area (Å²) in [5.74, 6) is 0. The number of aryl methyl sites for hydroxylation is 1. The average molecular weight is 934 g/mol. The normalized spacial score (nSPS) is 17.9. The lowest BCUT2D eigenvalue weighted by atomic mass is 9.35. The summed E-state index contributed by atoms with van der Waals surface area (Å²) in [5, 5.41) is 1.31. The van der Waals surface area contributed by atoms with Gasteiger partial charge >= 0.3 is 0 Å². The zero-order valence-electron chi connectivity index (χ0n) is 43.5.